The van der Waals surface area contributed by atoms with Crippen LogP contribution in [-0.4, -0.2) is 17.0 Å². The lowest BCUT2D eigenvalue weighted by Gasteiger charge is -1.97. The van der Waals surface area contributed by atoms with Crippen molar-refractivity contribution in [2.45, 2.75) is 6.61 Å². The maximum Gasteiger partial charge on any atom is 0.155 e. The highest BCUT2D eigenvalue weighted by atomic mass is 16.6. The van der Waals surface area contributed by atoms with Gasteiger partial charge in [-0.3, -0.25) is 4.84 Å². The molecule has 1 aromatic rings. The summed E-state index contributed by atoms with van der Waals surface area (Å²) in [5, 5.41) is 0. The first-order valence-electron chi connectivity index (χ1n) is 2.98. The minimum atomic E-state index is 0.400. The summed E-state index contributed by atoms with van der Waals surface area (Å²) >= 11 is 0. The van der Waals surface area contributed by atoms with E-state index in [4.69, 9.17) is 4.84 Å². The molecule has 0 aliphatic heterocycles. The maximum atomic E-state index is 4.84. The number of nitrogens with zero attached hydrogens (tertiary/aromatic N) is 2. The van der Waals surface area contributed by atoms with Crippen LogP contribution in [0.3, 0.4) is 0 Å². The predicted octanol–water partition coefficient (Wildman–Crippen LogP) is 0.128. The molecule has 0 amide bonds. The van der Waals surface area contributed by atoms with E-state index >= 15 is 0 Å². The smallest absolute Gasteiger partial charge is 0.155 e. The molecule has 54 valence electrons. The molecule has 1 heterocycles. The Kier molecular flexibility index (Phi) is 2.79. The second kappa shape index (κ2) is 3.92. The molecule has 1 N–H and O–H groups in total. The van der Waals surface area contributed by atoms with Gasteiger partial charge in [0.25, 0.3) is 0 Å². The highest BCUT2D eigenvalue weighted by Crippen LogP contribution is 1.87. The van der Waals surface area contributed by atoms with Crippen molar-refractivity contribution >= 4 is 0 Å². The Morgan fingerprint density at radius 2 is 2.20 bits per heavy atom. The summed E-state index contributed by atoms with van der Waals surface area (Å²) in [6.07, 6.45) is 3.36. The molecule has 0 radical (unpaired) electrons. The van der Waals surface area contributed by atoms with Crippen LogP contribution in [0.1, 0.15) is 5.82 Å². The molecule has 0 aliphatic rings. The van der Waals surface area contributed by atoms with Crippen LogP contribution in [-0.2, 0) is 11.4 Å². The predicted molar refractivity (Wildman–Crippen MR) is 35.9 cm³/mol. The molecular formula is C6H9N3O. The number of aromatic nitrogens is 2. The summed E-state index contributed by atoms with van der Waals surface area (Å²) in [6, 6.07) is 1.77. The molecule has 0 aromatic carbocycles. The van der Waals surface area contributed by atoms with Crippen molar-refractivity contribution in [1.29, 1.82) is 0 Å². The van der Waals surface area contributed by atoms with Gasteiger partial charge in [0.15, 0.2) is 5.82 Å². The van der Waals surface area contributed by atoms with Gasteiger partial charge in [-0.15, -0.1) is 0 Å². The Hall–Kier alpha value is -1.00. The number of nitrogens with one attached hydrogen (secondary N) is 1. The van der Waals surface area contributed by atoms with Gasteiger partial charge in [0.1, 0.15) is 6.61 Å². The van der Waals surface area contributed by atoms with E-state index in [9.17, 15) is 0 Å². The van der Waals surface area contributed by atoms with Crippen LogP contribution in [0.15, 0.2) is 18.5 Å². The molecule has 0 saturated carbocycles. The van der Waals surface area contributed by atoms with E-state index < -0.39 is 0 Å². The van der Waals surface area contributed by atoms with Gasteiger partial charge in [-0.05, 0) is 6.07 Å². The Labute approximate surface area is 59.2 Å². The first kappa shape index (κ1) is 7.11. The highest BCUT2D eigenvalue weighted by molar-refractivity contribution is 4.85. The zero-order valence-corrected chi connectivity index (χ0v) is 5.74. The normalized spacial score (nSPS) is 9.70. The second-order valence-corrected chi connectivity index (χ2v) is 1.66. The minimum Gasteiger partial charge on any atom is -0.294 e. The van der Waals surface area contributed by atoms with Gasteiger partial charge < -0.3 is 0 Å². The van der Waals surface area contributed by atoms with Gasteiger partial charge in [0.2, 0.25) is 0 Å². The quantitative estimate of drug-likeness (QED) is 0.604. The van der Waals surface area contributed by atoms with Crippen molar-refractivity contribution in [2.75, 3.05) is 7.05 Å². The number of hydroxylamine groups is 1. The lowest BCUT2D eigenvalue weighted by Crippen LogP contribution is -2.08. The average Bonchev–Trinajstić information content (AvgIpc) is 2.03. The number of hydrogen-bond acceptors (Lipinski definition) is 4. The molecule has 0 fully saturated rings. The van der Waals surface area contributed by atoms with Crippen LogP contribution in [0.4, 0.5) is 0 Å². The van der Waals surface area contributed by atoms with Crippen molar-refractivity contribution in [1.82, 2.24) is 15.4 Å². The SMILES string of the molecule is CNOCc1ncccn1. The molecule has 4 nitrogen and oxygen atoms in total. The van der Waals surface area contributed by atoms with Gasteiger partial charge in [0.05, 0.1) is 0 Å². The van der Waals surface area contributed by atoms with Crippen LogP contribution in [0, 0.1) is 0 Å². The monoisotopic (exact) mass is 139 g/mol. The molecule has 0 spiro atoms. The van der Waals surface area contributed by atoms with Crippen LogP contribution in [0.2, 0.25) is 0 Å². The van der Waals surface area contributed by atoms with Crippen LogP contribution in [0.25, 0.3) is 0 Å². The summed E-state index contributed by atoms with van der Waals surface area (Å²) in [5.74, 6) is 0.678. The fourth-order valence-electron chi connectivity index (χ4n) is 0.541. The van der Waals surface area contributed by atoms with Crippen molar-refractivity contribution in [3.8, 4) is 0 Å². The Balaban J connectivity index is 2.43. The van der Waals surface area contributed by atoms with Gasteiger partial charge >= 0.3 is 0 Å². The molecule has 4 heteroatoms. The summed E-state index contributed by atoms with van der Waals surface area (Å²) < 4.78 is 0. The molecule has 1 rings (SSSR count). The third-order valence-electron chi connectivity index (χ3n) is 0.965. The molecule has 0 bridgehead atoms. The van der Waals surface area contributed by atoms with Crippen molar-refractivity contribution in [3.63, 3.8) is 0 Å². The van der Waals surface area contributed by atoms with Crippen LogP contribution < -0.4 is 5.48 Å². The van der Waals surface area contributed by atoms with Crippen LogP contribution in [0.5, 0.6) is 0 Å². The van der Waals surface area contributed by atoms with Gasteiger partial charge in [-0.1, -0.05) is 0 Å². The summed E-state index contributed by atoms with van der Waals surface area (Å²) in [6.45, 7) is 0.400. The Morgan fingerprint density at radius 3 is 2.80 bits per heavy atom. The second-order valence-electron chi connectivity index (χ2n) is 1.66. The van der Waals surface area contributed by atoms with E-state index in [0.717, 1.165) is 0 Å². The van der Waals surface area contributed by atoms with Gasteiger partial charge in [-0.25, -0.2) is 15.4 Å². The van der Waals surface area contributed by atoms with Crippen molar-refractivity contribution in [2.24, 2.45) is 0 Å². The van der Waals surface area contributed by atoms with E-state index in [-0.39, 0.29) is 0 Å². The van der Waals surface area contributed by atoms with E-state index in [0.29, 0.717) is 12.4 Å². The third kappa shape index (κ3) is 2.08. The highest BCUT2D eigenvalue weighted by Gasteiger charge is 1.90. The third-order valence-corrected chi connectivity index (χ3v) is 0.965. The van der Waals surface area contributed by atoms with Gasteiger partial charge in [-0.2, -0.15) is 0 Å². The minimum absolute atomic E-state index is 0.400. The fraction of sp³-hybridized carbons (Fsp3) is 0.333. The van der Waals surface area contributed by atoms with E-state index in [1.165, 1.54) is 0 Å². The topological polar surface area (TPSA) is 47.0 Å². The van der Waals surface area contributed by atoms with E-state index in [2.05, 4.69) is 15.4 Å². The molecule has 0 unspecified atom stereocenters. The van der Waals surface area contributed by atoms with E-state index in [1.54, 1.807) is 25.5 Å². The molecule has 0 aliphatic carbocycles. The standard InChI is InChI=1S/C6H9N3O/c1-7-10-5-6-8-3-2-4-9-6/h2-4,7H,5H2,1H3. The summed E-state index contributed by atoms with van der Waals surface area (Å²) in [5.41, 5.74) is 2.54. The maximum absolute atomic E-state index is 4.84. The molecular weight excluding hydrogens is 130 g/mol. The molecule has 10 heavy (non-hydrogen) atoms. The van der Waals surface area contributed by atoms with Crippen molar-refractivity contribution in [3.05, 3.63) is 24.3 Å². The zero-order valence-electron chi connectivity index (χ0n) is 5.74. The van der Waals surface area contributed by atoms with Crippen molar-refractivity contribution < 1.29 is 4.84 Å². The van der Waals surface area contributed by atoms with Crippen LogP contribution >= 0.6 is 0 Å². The first-order chi connectivity index (χ1) is 4.93. The lowest BCUT2D eigenvalue weighted by molar-refractivity contribution is 0.0402. The Bertz CT molecular complexity index is 178. The Morgan fingerprint density at radius 1 is 1.50 bits per heavy atom. The first-order valence-corrected chi connectivity index (χ1v) is 2.98. The molecule has 1 aromatic heterocycles. The zero-order chi connectivity index (χ0) is 7.23. The van der Waals surface area contributed by atoms with Gasteiger partial charge in [0, 0.05) is 19.4 Å². The number of hydrogen-bond donors (Lipinski definition) is 1. The average molecular weight is 139 g/mol. The summed E-state index contributed by atoms with van der Waals surface area (Å²) in [7, 11) is 1.70. The largest absolute Gasteiger partial charge is 0.294 e. The molecule has 0 saturated heterocycles. The fourth-order valence-corrected chi connectivity index (χ4v) is 0.541. The molecule has 0 atom stereocenters. The van der Waals surface area contributed by atoms with E-state index in [1.807, 2.05) is 0 Å². The number of rotatable bonds is 3. The lowest BCUT2D eigenvalue weighted by atomic mass is 10.6. The summed E-state index contributed by atoms with van der Waals surface area (Å²) in [4.78, 5) is 12.7.